The number of aromatic amines is 1. The SMILES string of the molecule is C[C@@H]1CCC[C@@H]1Cn1nnc2c1CCN(c1cn[nH]c(=O)c1Cl)C2. The summed E-state index contributed by atoms with van der Waals surface area (Å²) in [7, 11) is 0. The van der Waals surface area contributed by atoms with Gasteiger partial charge in [0.25, 0.3) is 5.56 Å². The summed E-state index contributed by atoms with van der Waals surface area (Å²) in [6.07, 6.45) is 6.38. The van der Waals surface area contributed by atoms with Gasteiger partial charge in [0, 0.05) is 19.5 Å². The molecule has 0 unspecified atom stereocenters. The number of H-pyrrole nitrogens is 1. The molecule has 0 bridgehead atoms. The van der Waals surface area contributed by atoms with Gasteiger partial charge in [-0.15, -0.1) is 5.10 Å². The first-order valence-electron chi connectivity index (χ1n) is 8.53. The number of anilines is 1. The normalized spacial score (nSPS) is 23.5. The smallest absolute Gasteiger partial charge is 0.285 e. The van der Waals surface area contributed by atoms with Gasteiger partial charge in [-0.1, -0.05) is 36.6 Å². The van der Waals surface area contributed by atoms with E-state index < -0.39 is 0 Å². The van der Waals surface area contributed by atoms with E-state index in [1.807, 2.05) is 4.90 Å². The fourth-order valence-electron chi connectivity index (χ4n) is 3.93. The molecule has 1 aliphatic heterocycles. The van der Waals surface area contributed by atoms with Crippen molar-refractivity contribution in [1.29, 1.82) is 0 Å². The number of aromatic nitrogens is 5. The predicted octanol–water partition coefficient (Wildman–Crippen LogP) is 2.01. The Morgan fingerprint density at radius 1 is 1.42 bits per heavy atom. The van der Waals surface area contributed by atoms with Crippen LogP contribution in [0.2, 0.25) is 5.02 Å². The van der Waals surface area contributed by atoms with Crippen molar-refractivity contribution in [2.75, 3.05) is 11.4 Å². The maximum atomic E-state index is 11.6. The van der Waals surface area contributed by atoms with Crippen LogP contribution in [0.15, 0.2) is 11.0 Å². The average molecular weight is 349 g/mol. The van der Waals surface area contributed by atoms with E-state index in [1.165, 1.54) is 25.0 Å². The van der Waals surface area contributed by atoms with E-state index in [0.29, 0.717) is 18.2 Å². The van der Waals surface area contributed by atoms with Crippen LogP contribution in [0.1, 0.15) is 37.6 Å². The number of rotatable bonds is 3. The van der Waals surface area contributed by atoms with Crippen LogP contribution in [-0.4, -0.2) is 31.7 Å². The van der Waals surface area contributed by atoms with Crippen LogP contribution in [0, 0.1) is 11.8 Å². The lowest BCUT2D eigenvalue weighted by Gasteiger charge is -2.28. The molecule has 24 heavy (non-hydrogen) atoms. The summed E-state index contributed by atoms with van der Waals surface area (Å²) >= 11 is 6.12. The highest BCUT2D eigenvalue weighted by Crippen LogP contribution is 2.33. The third kappa shape index (κ3) is 2.70. The Balaban J connectivity index is 1.54. The van der Waals surface area contributed by atoms with Gasteiger partial charge in [-0.3, -0.25) is 4.79 Å². The lowest BCUT2D eigenvalue weighted by molar-refractivity contribution is 0.338. The first-order valence-corrected chi connectivity index (χ1v) is 8.90. The van der Waals surface area contributed by atoms with Gasteiger partial charge in [0.15, 0.2) is 0 Å². The van der Waals surface area contributed by atoms with Crippen molar-refractivity contribution in [3.05, 3.63) is 33.0 Å². The number of fused-ring (bicyclic) bond motifs is 1. The van der Waals surface area contributed by atoms with E-state index in [0.717, 1.165) is 31.1 Å². The quantitative estimate of drug-likeness (QED) is 0.917. The molecule has 1 saturated carbocycles. The molecule has 1 N–H and O–H groups in total. The zero-order valence-electron chi connectivity index (χ0n) is 13.7. The van der Waals surface area contributed by atoms with Gasteiger partial charge in [-0.25, -0.2) is 9.78 Å². The molecule has 7 nitrogen and oxygen atoms in total. The van der Waals surface area contributed by atoms with Gasteiger partial charge in [0.05, 0.1) is 24.1 Å². The Morgan fingerprint density at radius 3 is 3.08 bits per heavy atom. The van der Waals surface area contributed by atoms with Gasteiger partial charge >= 0.3 is 0 Å². The van der Waals surface area contributed by atoms with Gasteiger partial charge in [0.2, 0.25) is 0 Å². The molecule has 2 aliphatic rings. The number of halogens is 1. The summed E-state index contributed by atoms with van der Waals surface area (Å²) < 4.78 is 2.09. The van der Waals surface area contributed by atoms with Crippen LogP contribution in [0.3, 0.4) is 0 Å². The average Bonchev–Trinajstić information content (AvgIpc) is 3.17. The highest BCUT2D eigenvalue weighted by molar-refractivity contribution is 6.32. The van der Waals surface area contributed by atoms with Crippen molar-refractivity contribution in [3.8, 4) is 0 Å². The molecule has 2 atom stereocenters. The fourth-order valence-corrected chi connectivity index (χ4v) is 4.14. The molecule has 1 aliphatic carbocycles. The maximum Gasteiger partial charge on any atom is 0.285 e. The second kappa shape index (κ2) is 6.20. The second-order valence-corrected chi connectivity index (χ2v) is 7.28. The van der Waals surface area contributed by atoms with Crippen molar-refractivity contribution < 1.29 is 0 Å². The van der Waals surface area contributed by atoms with E-state index in [1.54, 1.807) is 6.20 Å². The molecular weight excluding hydrogens is 328 g/mol. The Labute approximate surface area is 145 Å². The van der Waals surface area contributed by atoms with Crippen molar-refractivity contribution in [1.82, 2.24) is 25.2 Å². The number of hydrogen-bond donors (Lipinski definition) is 1. The van der Waals surface area contributed by atoms with Gasteiger partial charge < -0.3 is 4.90 Å². The highest BCUT2D eigenvalue weighted by atomic mass is 35.5. The molecule has 0 saturated heterocycles. The first kappa shape index (κ1) is 15.6. The third-order valence-corrected chi connectivity index (χ3v) is 5.81. The number of nitrogens with one attached hydrogen (secondary N) is 1. The molecule has 0 aromatic carbocycles. The molecule has 2 aromatic heterocycles. The zero-order chi connectivity index (χ0) is 16.7. The Bertz CT molecular complexity index is 800. The van der Waals surface area contributed by atoms with Crippen molar-refractivity contribution in [2.24, 2.45) is 11.8 Å². The zero-order valence-corrected chi connectivity index (χ0v) is 14.5. The van der Waals surface area contributed by atoms with Crippen molar-refractivity contribution in [2.45, 2.75) is 45.7 Å². The van der Waals surface area contributed by atoms with Crippen molar-refractivity contribution >= 4 is 17.3 Å². The van der Waals surface area contributed by atoms with Crippen LogP contribution < -0.4 is 10.5 Å². The largest absolute Gasteiger partial charge is 0.362 e. The highest BCUT2D eigenvalue weighted by Gasteiger charge is 2.28. The summed E-state index contributed by atoms with van der Waals surface area (Å²) in [4.78, 5) is 13.7. The second-order valence-electron chi connectivity index (χ2n) is 6.90. The molecule has 2 aromatic rings. The lowest BCUT2D eigenvalue weighted by Crippen LogP contribution is -2.33. The van der Waals surface area contributed by atoms with Gasteiger partial charge in [0.1, 0.15) is 10.7 Å². The molecule has 4 rings (SSSR count). The molecule has 0 amide bonds. The lowest BCUT2D eigenvalue weighted by atomic mass is 9.98. The molecule has 0 spiro atoms. The number of hydrogen-bond acceptors (Lipinski definition) is 5. The Hall–Kier alpha value is -1.89. The Kier molecular flexibility index (Phi) is 4.04. The summed E-state index contributed by atoms with van der Waals surface area (Å²) in [5, 5.41) is 15.1. The molecule has 1 fully saturated rings. The van der Waals surface area contributed by atoms with Crippen LogP contribution >= 0.6 is 11.6 Å². The van der Waals surface area contributed by atoms with E-state index >= 15 is 0 Å². The van der Waals surface area contributed by atoms with E-state index in [2.05, 4.69) is 32.1 Å². The molecular formula is C16H21ClN6O. The van der Waals surface area contributed by atoms with Crippen LogP contribution in [0.4, 0.5) is 5.69 Å². The minimum absolute atomic E-state index is 0.181. The Morgan fingerprint density at radius 2 is 2.29 bits per heavy atom. The van der Waals surface area contributed by atoms with Crippen LogP contribution in [0.5, 0.6) is 0 Å². The summed E-state index contributed by atoms with van der Waals surface area (Å²) in [6, 6.07) is 0. The molecule has 0 radical (unpaired) electrons. The fraction of sp³-hybridized carbons (Fsp3) is 0.625. The van der Waals surface area contributed by atoms with E-state index in [4.69, 9.17) is 11.6 Å². The number of nitrogens with zero attached hydrogens (tertiary/aromatic N) is 5. The van der Waals surface area contributed by atoms with Crippen molar-refractivity contribution in [3.63, 3.8) is 0 Å². The van der Waals surface area contributed by atoms with Gasteiger partial charge in [-0.05, 0) is 18.3 Å². The van der Waals surface area contributed by atoms with E-state index in [-0.39, 0.29) is 10.6 Å². The van der Waals surface area contributed by atoms with Gasteiger partial charge in [-0.2, -0.15) is 5.10 Å². The van der Waals surface area contributed by atoms with E-state index in [9.17, 15) is 4.79 Å². The maximum absolute atomic E-state index is 11.6. The summed E-state index contributed by atoms with van der Waals surface area (Å²) in [5.74, 6) is 1.48. The summed E-state index contributed by atoms with van der Waals surface area (Å²) in [5.41, 5.74) is 2.49. The van der Waals surface area contributed by atoms with Crippen LogP contribution in [0.25, 0.3) is 0 Å². The monoisotopic (exact) mass is 348 g/mol. The predicted molar refractivity (Wildman–Crippen MR) is 91.1 cm³/mol. The van der Waals surface area contributed by atoms with Crippen LogP contribution in [-0.2, 0) is 19.5 Å². The first-order chi connectivity index (χ1) is 11.6. The minimum Gasteiger partial charge on any atom is -0.362 e. The standard InChI is InChI=1S/C16H21ClN6O/c1-10-3-2-4-11(10)8-23-13-5-6-22(9-12(13)19-21-23)14-7-18-20-16(24)15(14)17/h7,10-11H,2-6,8-9H2,1H3,(H,20,24)/t10-,11-/m1/s1. The molecule has 8 heteroatoms. The molecule has 3 heterocycles. The molecule has 128 valence electrons. The summed E-state index contributed by atoms with van der Waals surface area (Å²) in [6.45, 7) is 4.70. The topological polar surface area (TPSA) is 79.7 Å². The third-order valence-electron chi connectivity index (χ3n) is 5.44. The minimum atomic E-state index is -0.362.